The third kappa shape index (κ3) is 3.50. The van der Waals surface area contributed by atoms with E-state index in [4.69, 9.17) is 15.2 Å². The fourth-order valence-electron chi connectivity index (χ4n) is 3.27. The van der Waals surface area contributed by atoms with Gasteiger partial charge in [-0.05, 0) is 50.9 Å². The Morgan fingerprint density at radius 2 is 1.86 bits per heavy atom. The van der Waals surface area contributed by atoms with Gasteiger partial charge in [0, 0.05) is 12.1 Å². The van der Waals surface area contributed by atoms with Gasteiger partial charge in [-0.3, -0.25) is 4.90 Å². The number of benzene rings is 1. The molecule has 118 valence electrons. The predicted octanol–water partition coefficient (Wildman–Crippen LogP) is 2.97. The molecular formula is C17H28N2O2. The highest BCUT2D eigenvalue weighted by molar-refractivity contribution is 5.44. The van der Waals surface area contributed by atoms with E-state index in [1.54, 1.807) is 14.2 Å². The number of nitrogens with two attached hydrogens (primary N) is 1. The molecule has 0 aromatic heterocycles. The van der Waals surface area contributed by atoms with Gasteiger partial charge in [0.05, 0.1) is 20.3 Å². The number of nitrogens with zero attached hydrogens (tertiary/aromatic N) is 1. The van der Waals surface area contributed by atoms with Crippen LogP contribution in [0.2, 0.25) is 0 Å². The van der Waals surface area contributed by atoms with Crippen molar-refractivity contribution in [1.29, 1.82) is 0 Å². The number of ether oxygens (including phenoxy) is 2. The Kier molecular flexibility index (Phi) is 5.48. The molecule has 0 spiro atoms. The summed E-state index contributed by atoms with van der Waals surface area (Å²) in [5.41, 5.74) is 7.71. The second-order valence-electron chi connectivity index (χ2n) is 6.05. The van der Waals surface area contributed by atoms with Crippen molar-refractivity contribution in [2.24, 2.45) is 5.73 Å². The van der Waals surface area contributed by atoms with Gasteiger partial charge < -0.3 is 15.2 Å². The number of rotatable bonds is 4. The fourth-order valence-corrected chi connectivity index (χ4v) is 3.27. The third-order valence-electron chi connectivity index (χ3n) is 4.38. The highest BCUT2D eigenvalue weighted by Gasteiger charge is 2.30. The topological polar surface area (TPSA) is 47.7 Å². The van der Waals surface area contributed by atoms with Gasteiger partial charge in [0.1, 0.15) is 0 Å². The van der Waals surface area contributed by atoms with Gasteiger partial charge in [0.2, 0.25) is 0 Å². The Labute approximate surface area is 128 Å². The minimum Gasteiger partial charge on any atom is -0.493 e. The van der Waals surface area contributed by atoms with Crippen LogP contribution < -0.4 is 15.2 Å². The summed E-state index contributed by atoms with van der Waals surface area (Å²) in [6, 6.07) is 7.05. The van der Waals surface area contributed by atoms with E-state index in [9.17, 15) is 0 Å². The van der Waals surface area contributed by atoms with Crippen LogP contribution in [0.1, 0.15) is 44.7 Å². The number of hydrogen-bond donors (Lipinski definition) is 1. The average molecular weight is 292 g/mol. The first kappa shape index (κ1) is 16.1. The Bertz CT molecular complexity index is 462. The van der Waals surface area contributed by atoms with Crippen LogP contribution in [0.3, 0.4) is 0 Å². The van der Waals surface area contributed by atoms with Crippen LogP contribution in [0.5, 0.6) is 11.5 Å². The second-order valence-corrected chi connectivity index (χ2v) is 6.05. The zero-order chi connectivity index (χ0) is 15.4. The maximum absolute atomic E-state index is 6.49. The summed E-state index contributed by atoms with van der Waals surface area (Å²) in [6.07, 6.45) is 3.49. The van der Waals surface area contributed by atoms with Gasteiger partial charge in [0.25, 0.3) is 0 Å². The first-order valence-corrected chi connectivity index (χ1v) is 7.81. The SMILES string of the molecule is COc1ccc(C2C(N)CCCCN2C(C)C)cc1OC. The average Bonchev–Trinajstić information content (AvgIpc) is 2.68. The van der Waals surface area contributed by atoms with Crippen LogP contribution in [0.15, 0.2) is 18.2 Å². The molecule has 0 bridgehead atoms. The molecule has 1 heterocycles. The van der Waals surface area contributed by atoms with E-state index >= 15 is 0 Å². The highest BCUT2D eigenvalue weighted by Crippen LogP contribution is 2.36. The molecule has 21 heavy (non-hydrogen) atoms. The van der Waals surface area contributed by atoms with Crippen molar-refractivity contribution in [1.82, 2.24) is 4.90 Å². The van der Waals surface area contributed by atoms with Crippen molar-refractivity contribution in [3.8, 4) is 11.5 Å². The van der Waals surface area contributed by atoms with Gasteiger partial charge in [-0.1, -0.05) is 12.5 Å². The molecule has 1 saturated heterocycles. The Morgan fingerprint density at radius 3 is 2.48 bits per heavy atom. The van der Waals surface area contributed by atoms with E-state index in [1.807, 2.05) is 6.07 Å². The monoisotopic (exact) mass is 292 g/mol. The molecule has 4 nitrogen and oxygen atoms in total. The van der Waals surface area contributed by atoms with Crippen molar-refractivity contribution >= 4 is 0 Å². The van der Waals surface area contributed by atoms with Crippen LogP contribution in [-0.4, -0.2) is 37.7 Å². The van der Waals surface area contributed by atoms with E-state index in [0.29, 0.717) is 6.04 Å². The van der Waals surface area contributed by atoms with Crippen LogP contribution in [0, 0.1) is 0 Å². The van der Waals surface area contributed by atoms with E-state index < -0.39 is 0 Å². The fraction of sp³-hybridized carbons (Fsp3) is 0.647. The minimum absolute atomic E-state index is 0.160. The molecule has 1 fully saturated rings. The highest BCUT2D eigenvalue weighted by atomic mass is 16.5. The van der Waals surface area contributed by atoms with Crippen molar-refractivity contribution in [2.75, 3.05) is 20.8 Å². The zero-order valence-electron chi connectivity index (χ0n) is 13.6. The lowest BCUT2D eigenvalue weighted by atomic mass is 9.95. The van der Waals surface area contributed by atoms with Crippen molar-refractivity contribution in [3.63, 3.8) is 0 Å². The third-order valence-corrected chi connectivity index (χ3v) is 4.38. The van der Waals surface area contributed by atoms with Gasteiger partial charge in [0.15, 0.2) is 11.5 Å². The lowest BCUT2D eigenvalue weighted by molar-refractivity contribution is 0.144. The Morgan fingerprint density at radius 1 is 1.14 bits per heavy atom. The summed E-state index contributed by atoms with van der Waals surface area (Å²) in [4.78, 5) is 2.51. The molecule has 2 rings (SSSR count). The molecule has 4 heteroatoms. The number of likely N-dealkylation sites (tertiary alicyclic amines) is 1. The molecule has 0 saturated carbocycles. The van der Waals surface area contributed by atoms with Gasteiger partial charge >= 0.3 is 0 Å². The first-order chi connectivity index (χ1) is 10.1. The van der Waals surface area contributed by atoms with E-state index in [0.717, 1.165) is 24.5 Å². The molecule has 2 unspecified atom stereocenters. The number of hydrogen-bond acceptors (Lipinski definition) is 4. The summed E-state index contributed by atoms with van der Waals surface area (Å²) in [6.45, 7) is 5.59. The summed E-state index contributed by atoms with van der Waals surface area (Å²) >= 11 is 0. The smallest absolute Gasteiger partial charge is 0.161 e. The van der Waals surface area contributed by atoms with Crippen LogP contribution in [0.25, 0.3) is 0 Å². The maximum atomic E-state index is 6.49. The van der Waals surface area contributed by atoms with Crippen LogP contribution in [0.4, 0.5) is 0 Å². The minimum atomic E-state index is 0.160. The molecule has 2 N–H and O–H groups in total. The zero-order valence-corrected chi connectivity index (χ0v) is 13.6. The largest absolute Gasteiger partial charge is 0.493 e. The lowest BCUT2D eigenvalue weighted by Gasteiger charge is -2.37. The molecule has 0 radical (unpaired) electrons. The van der Waals surface area contributed by atoms with Crippen LogP contribution in [-0.2, 0) is 0 Å². The van der Waals surface area contributed by atoms with E-state index in [-0.39, 0.29) is 12.1 Å². The van der Waals surface area contributed by atoms with E-state index in [2.05, 4.69) is 30.9 Å². The molecule has 1 aromatic carbocycles. The molecule has 1 aromatic rings. The molecule has 1 aliphatic rings. The van der Waals surface area contributed by atoms with Gasteiger partial charge in [-0.15, -0.1) is 0 Å². The summed E-state index contributed by atoms with van der Waals surface area (Å²) in [7, 11) is 3.34. The number of methoxy groups -OCH3 is 2. The molecule has 0 aliphatic carbocycles. The van der Waals surface area contributed by atoms with E-state index in [1.165, 1.54) is 18.4 Å². The summed E-state index contributed by atoms with van der Waals surface area (Å²) in [5, 5.41) is 0. The van der Waals surface area contributed by atoms with Gasteiger partial charge in [-0.25, -0.2) is 0 Å². The van der Waals surface area contributed by atoms with Crippen LogP contribution >= 0.6 is 0 Å². The maximum Gasteiger partial charge on any atom is 0.161 e. The quantitative estimate of drug-likeness (QED) is 0.927. The Hall–Kier alpha value is -1.26. The second kappa shape index (κ2) is 7.14. The molecular weight excluding hydrogens is 264 g/mol. The predicted molar refractivity (Wildman–Crippen MR) is 86.0 cm³/mol. The normalized spacial score (nSPS) is 23.9. The molecule has 0 amide bonds. The summed E-state index contributed by atoms with van der Waals surface area (Å²) < 4.78 is 10.8. The van der Waals surface area contributed by atoms with Crippen molar-refractivity contribution < 1.29 is 9.47 Å². The molecule has 1 aliphatic heterocycles. The van der Waals surface area contributed by atoms with Gasteiger partial charge in [-0.2, -0.15) is 0 Å². The van der Waals surface area contributed by atoms with Crippen molar-refractivity contribution in [2.45, 2.75) is 51.2 Å². The van der Waals surface area contributed by atoms with Crippen molar-refractivity contribution in [3.05, 3.63) is 23.8 Å². The molecule has 2 atom stereocenters. The lowest BCUT2D eigenvalue weighted by Crippen LogP contribution is -2.43. The summed E-state index contributed by atoms with van der Waals surface area (Å²) in [5.74, 6) is 1.54. The first-order valence-electron chi connectivity index (χ1n) is 7.81. The standard InChI is InChI=1S/C17H28N2O2/c1-12(2)19-10-6-5-7-14(18)17(19)13-8-9-15(20-3)16(11-13)21-4/h8-9,11-12,14,17H,5-7,10,18H2,1-4H3. The Balaban J connectivity index is 2.39.